The van der Waals surface area contributed by atoms with E-state index >= 15 is 0 Å². The third kappa shape index (κ3) is 5.89. The van der Waals surface area contributed by atoms with E-state index in [0.29, 0.717) is 5.56 Å². The van der Waals surface area contributed by atoms with Gasteiger partial charge in [-0.05, 0) is 17.7 Å². The van der Waals surface area contributed by atoms with Crippen LogP contribution in [0.2, 0.25) is 0 Å². The first-order valence-corrected chi connectivity index (χ1v) is 5.43. The van der Waals surface area contributed by atoms with Crippen LogP contribution >= 0.6 is 0 Å². The molecule has 0 aromatic heterocycles. The van der Waals surface area contributed by atoms with Crippen molar-refractivity contribution in [1.82, 2.24) is 5.32 Å². The Bertz CT molecular complexity index is 454. The Morgan fingerprint density at radius 3 is 2.21 bits per heavy atom. The van der Waals surface area contributed by atoms with E-state index in [0.717, 1.165) is 0 Å². The number of benzene rings is 1. The van der Waals surface area contributed by atoms with Gasteiger partial charge in [0.1, 0.15) is 0 Å². The number of alkyl halides is 3. The van der Waals surface area contributed by atoms with Gasteiger partial charge in [-0.2, -0.15) is 13.2 Å². The van der Waals surface area contributed by atoms with Gasteiger partial charge in [-0.15, -0.1) is 0 Å². The summed E-state index contributed by atoms with van der Waals surface area (Å²) < 4.78 is 35.6. The molecule has 1 rings (SSSR count). The predicted molar refractivity (Wildman–Crippen MR) is 60.5 cm³/mol. The molecule has 0 aliphatic heterocycles. The topological polar surface area (TPSA) is 66.4 Å². The molecule has 0 spiro atoms. The number of aromatic carboxylic acids is 1. The zero-order valence-electron chi connectivity index (χ0n) is 9.83. The molecule has 0 heterocycles. The first-order chi connectivity index (χ1) is 8.78. The van der Waals surface area contributed by atoms with Crippen molar-refractivity contribution in [2.45, 2.75) is 25.6 Å². The van der Waals surface area contributed by atoms with Gasteiger partial charge in [-0.25, -0.2) is 4.79 Å². The van der Waals surface area contributed by atoms with Crippen molar-refractivity contribution in [3.05, 3.63) is 35.4 Å². The summed E-state index contributed by atoms with van der Waals surface area (Å²) in [5.74, 6) is -1.76. The summed E-state index contributed by atoms with van der Waals surface area (Å²) in [6.45, 7) is 0.0661. The Morgan fingerprint density at radius 1 is 1.16 bits per heavy atom. The largest absolute Gasteiger partial charge is 0.478 e. The molecule has 0 fully saturated rings. The minimum Gasteiger partial charge on any atom is -0.478 e. The maximum Gasteiger partial charge on any atom is 0.389 e. The van der Waals surface area contributed by atoms with Crippen molar-refractivity contribution in [2.75, 3.05) is 0 Å². The van der Waals surface area contributed by atoms with Crippen LogP contribution in [0.3, 0.4) is 0 Å². The van der Waals surface area contributed by atoms with Crippen LogP contribution in [0.5, 0.6) is 0 Å². The highest BCUT2D eigenvalue weighted by atomic mass is 19.4. The number of halogens is 3. The Labute approximate surface area is 107 Å². The van der Waals surface area contributed by atoms with Crippen LogP contribution in [0.1, 0.15) is 28.8 Å². The van der Waals surface area contributed by atoms with Gasteiger partial charge < -0.3 is 10.4 Å². The van der Waals surface area contributed by atoms with Crippen LogP contribution in [-0.4, -0.2) is 23.2 Å². The number of hydrogen-bond acceptors (Lipinski definition) is 2. The molecule has 0 unspecified atom stereocenters. The van der Waals surface area contributed by atoms with E-state index in [1.54, 1.807) is 0 Å². The highest BCUT2D eigenvalue weighted by Crippen LogP contribution is 2.21. The second kappa shape index (κ2) is 6.21. The average molecular weight is 275 g/mol. The number of carboxylic acid groups (broad SMARTS) is 1. The first-order valence-electron chi connectivity index (χ1n) is 5.43. The molecule has 104 valence electrons. The molecule has 0 saturated carbocycles. The molecule has 2 N–H and O–H groups in total. The molecule has 1 amide bonds. The molecule has 19 heavy (non-hydrogen) atoms. The lowest BCUT2D eigenvalue weighted by Gasteiger charge is -2.07. The van der Waals surface area contributed by atoms with E-state index < -0.39 is 30.9 Å². The van der Waals surface area contributed by atoms with Crippen molar-refractivity contribution in [3.8, 4) is 0 Å². The second-order valence-electron chi connectivity index (χ2n) is 3.89. The number of carboxylic acids is 1. The highest BCUT2D eigenvalue weighted by Gasteiger charge is 2.27. The molecule has 4 nitrogen and oxygen atoms in total. The van der Waals surface area contributed by atoms with Gasteiger partial charge in [0.05, 0.1) is 12.0 Å². The lowest BCUT2D eigenvalue weighted by molar-refractivity contribution is -0.144. The van der Waals surface area contributed by atoms with Gasteiger partial charge in [-0.1, -0.05) is 12.1 Å². The molecule has 0 aliphatic rings. The van der Waals surface area contributed by atoms with Crippen molar-refractivity contribution < 1.29 is 27.9 Å². The van der Waals surface area contributed by atoms with Crippen molar-refractivity contribution >= 4 is 11.9 Å². The van der Waals surface area contributed by atoms with E-state index in [4.69, 9.17) is 5.11 Å². The Morgan fingerprint density at radius 2 is 1.74 bits per heavy atom. The summed E-state index contributed by atoms with van der Waals surface area (Å²) in [7, 11) is 0. The van der Waals surface area contributed by atoms with E-state index in [1.165, 1.54) is 24.3 Å². The fraction of sp³-hybridized carbons (Fsp3) is 0.333. The third-order valence-corrected chi connectivity index (χ3v) is 2.33. The maximum atomic E-state index is 11.9. The monoisotopic (exact) mass is 275 g/mol. The van der Waals surface area contributed by atoms with Crippen LogP contribution in [0.15, 0.2) is 24.3 Å². The zero-order valence-corrected chi connectivity index (χ0v) is 9.83. The summed E-state index contributed by atoms with van der Waals surface area (Å²) in [4.78, 5) is 21.7. The summed E-state index contributed by atoms with van der Waals surface area (Å²) in [6.07, 6.45) is -6.12. The molecule has 7 heteroatoms. The van der Waals surface area contributed by atoms with Gasteiger partial charge >= 0.3 is 12.1 Å². The zero-order chi connectivity index (χ0) is 14.5. The molecule has 0 atom stereocenters. The molecular formula is C12H12F3NO3. The molecule has 0 aliphatic carbocycles. The molecule has 1 aromatic rings. The average Bonchev–Trinajstić information content (AvgIpc) is 2.33. The minimum atomic E-state index is -4.35. The highest BCUT2D eigenvalue weighted by molar-refractivity contribution is 5.87. The fourth-order valence-corrected chi connectivity index (χ4v) is 1.31. The minimum absolute atomic E-state index is 0.0661. The number of carbonyl (C=O) groups excluding carboxylic acids is 1. The molecule has 0 saturated heterocycles. The summed E-state index contributed by atoms with van der Waals surface area (Å²) >= 11 is 0. The summed E-state index contributed by atoms with van der Waals surface area (Å²) in [6, 6.07) is 5.71. The number of hydrogen-bond donors (Lipinski definition) is 2. The lowest BCUT2D eigenvalue weighted by atomic mass is 10.1. The lowest BCUT2D eigenvalue weighted by Crippen LogP contribution is -2.24. The molecule has 1 aromatic carbocycles. The quantitative estimate of drug-likeness (QED) is 0.866. The third-order valence-electron chi connectivity index (χ3n) is 2.33. The van der Waals surface area contributed by atoms with Crippen molar-refractivity contribution in [2.24, 2.45) is 0 Å². The van der Waals surface area contributed by atoms with E-state index in [1.807, 2.05) is 0 Å². The van der Waals surface area contributed by atoms with Crippen LogP contribution in [0.25, 0.3) is 0 Å². The molecule has 0 bridgehead atoms. The van der Waals surface area contributed by atoms with Crippen LogP contribution in [-0.2, 0) is 11.3 Å². The first kappa shape index (κ1) is 15.0. The van der Waals surface area contributed by atoms with Crippen LogP contribution < -0.4 is 5.32 Å². The number of carbonyl (C=O) groups is 2. The van der Waals surface area contributed by atoms with E-state index in [-0.39, 0.29) is 12.1 Å². The maximum absolute atomic E-state index is 11.9. The van der Waals surface area contributed by atoms with Gasteiger partial charge in [0.25, 0.3) is 0 Å². The normalized spacial score (nSPS) is 11.1. The smallest absolute Gasteiger partial charge is 0.389 e. The fourth-order valence-electron chi connectivity index (χ4n) is 1.31. The second-order valence-corrected chi connectivity index (χ2v) is 3.89. The van der Waals surface area contributed by atoms with E-state index in [2.05, 4.69) is 5.32 Å². The van der Waals surface area contributed by atoms with Gasteiger partial charge in [-0.3, -0.25) is 4.79 Å². The Hall–Kier alpha value is -2.05. The Balaban J connectivity index is 2.40. The standard InChI is InChI=1S/C12H12F3NO3/c13-12(14,15)6-5-10(17)16-7-8-1-3-9(4-2-8)11(18)19/h1-4H,5-7H2,(H,16,17)(H,18,19). The SMILES string of the molecule is O=C(CCC(F)(F)F)NCc1ccc(C(=O)O)cc1. The van der Waals surface area contributed by atoms with Crippen LogP contribution in [0.4, 0.5) is 13.2 Å². The predicted octanol–water partition coefficient (Wildman–Crippen LogP) is 2.34. The number of amides is 1. The number of rotatable bonds is 5. The van der Waals surface area contributed by atoms with Gasteiger partial charge in [0.2, 0.25) is 5.91 Å². The molecule has 0 radical (unpaired) electrons. The van der Waals surface area contributed by atoms with E-state index in [9.17, 15) is 22.8 Å². The van der Waals surface area contributed by atoms with Crippen molar-refractivity contribution in [3.63, 3.8) is 0 Å². The van der Waals surface area contributed by atoms with Crippen LogP contribution in [0, 0.1) is 0 Å². The van der Waals surface area contributed by atoms with Crippen molar-refractivity contribution in [1.29, 1.82) is 0 Å². The Kier molecular flexibility index (Phi) is 4.91. The molecular weight excluding hydrogens is 263 g/mol. The van der Waals surface area contributed by atoms with Gasteiger partial charge in [0, 0.05) is 13.0 Å². The van der Waals surface area contributed by atoms with Gasteiger partial charge in [0.15, 0.2) is 0 Å². The summed E-state index contributed by atoms with van der Waals surface area (Å²) in [5, 5.41) is 11.0. The number of nitrogens with one attached hydrogen (secondary N) is 1. The summed E-state index contributed by atoms with van der Waals surface area (Å²) in [5.41, 5.74) is 0.720.